The van der Waals surface area contributed by atoms with E-state index in [0.29, 0.717) is 13.1 Å². The predicted octanol–water partition coefficient (Wildman–Crippen LogP) is 3.17. The van der Waals surface area contributed by atoms with Crippen LogP contribution in [0.5, 0.6) is 5.75 Å². The molecule has 5 heteroatoms. The molecule has 0 aromatic heterocycles. The Morgan fingerprint density at radius 3 is 2.33 bits per heavy atom. The topological polar surface area (TPSA) is 55.8 Å². The van der Waals surface area contributed by atoms with Crippen molar-refractivity contribution in [3.05, 3.63) is 29.8 Å². The van der Waals surface area contributed by atoms with Crippen LogP contribution < -0.4 is 4.74 Å². The van der Waals surface area contributed by atoms with Crippen LogP contribution in [0.3, 0.4) is 0 Å². The molecule has 1 saturated carbocycles. The highest BCUT2D eigenvalue weighted by Gasteiger charge is 2.26. The summed E-state index contributed by atoms with van der Waals surface area (Å²) in [7, 11) is 3.00. The Balaban J connectivity index is 2.05. The number of nitrogens with zero attached hydrogens (tertiary/aromatic N) is 1. The van der Waals surface area contributed by atoms with Crippen molar-refractivity contribution in [1.29, 1.82) is 0 Å². The summed E-state index contributed by atoms with van der Waals surface area (Å²) >= 11 is 0. The smallest absolute Gasteiger partial charge is 0.307 e. The molecule has 1 aliphatic rings. The summed E-state index contributed by atoms with van der Waals surface area (Å²) in [5.41, 5.74) is 1.03. The zero-order chi connectivity index (χ0) is 17.4. The second-order valence-electron chi connectivity index (χ2n) is 6.27. The molecule has 2 rings (SSSR count). The number of carbonyl (C=O) groups excluding carboxylic acids is 2. The number of rotatable bonds is 7. The van der Waals surface area contributed by atoms with Crippen molar-refractivity contribution >= 4 is 11.9 Å². The van der Waals surface area contributed by atoms with Crippen LogP contribution in [0.4, 0.5) is 0 Å². The minimum Gasteiger partial charge on any atom is -0.497 e. The van der Waals surface area contributed by atoms with E-state index in [2.05, 4.69) is 0 Å². The van der Waals surface area contributed by atoms with Gasteiger partial charge in [0, 0.05) is 19.0 Å². The number of hydrogen-bond donors (Lipinski definition) is 0. The van der Waals surface area contributed by atoms with Gasteiger partial charge in [-0.2, -0.15) is 0 Å². The molecule has 1 aliphatic carbocycles. The first-order chi connectivity index (χ1) is 11.6. The molecular formula is C19H27NO4. The summed E-state index contributed by atoms with van der Waals surface area (Å²) in [4.78, 5) is 26.2. The molecule has 0 saturated heterocycles. The molecule has 5 nitrogen and oxygen atoms in total. The zero-order valence-corrected chi connectivity index (χ0v) is 14.6. The third-order valence-corrected chi connectivity index (χ3v) is 4.61. The summed E-state index contributed by atoms with van der Waals surface area (Å²) in [6.07, 6.45) is 5.58. The van der Waals surface area contributed by atoms with Gasteiger partial charge in [-0.25, -0.2) is 0 Å². The Hall–Kier alpha value is -2.04. The number of ether oxygens (including phenoxy) is 2. The van der Waals surface area contributed by atoms with Gasteiger partial charge in [0.15, 0.2) is 0 Å². The van der Waals surface area contributed by atoms with Gasteiger partial charge in [-0.05, 0) is 30.5 Å². The van der Waals surface area contributed by atoms with Crippen molar-refractivity contribution in [1.82, 2.24) is 4.90 Å². The highest BCUT2D eigenvalue weighted by molar-refractivity contribution is 5.79. The maximum absolute atomic E-state index is 12.9. The van der Waals surface area contributed by atoms with Crippen LogP contribution in [0.25, 0.3) is 0 Å². The minimum atomic E-state index is -0.286. The minimum absolute atomic E-state index is 0.0923. The quantitative estimate of drug-likeness (QED) is 0.719. The lowest BCUT2D eigenvalue weighted by Gasteiger charge is -2.29. The van der Waals surface area contributed by atoms with E-state index in [-0.39, 0.29) is 24.2 Å². The average molecular weight is 333 g/mol. The summed E-state index contributed by atoms with van der Waals surface area (Å²) in [6, 6.07) is 7.69. The predicted molar refractivity (Wildman–Crippen MR) is 91.6 cm³/mol. The second kappa shape index (κ2) is 9.30. The standard InChI is InChI=1S/C19H27NO4/c1-23-17-10-8-15(9-11-17)14-20(13-12-18(21)24-2)19(22)16-6-4-3-5-7-16/h8-11,16H,3-7,12-14H2,1-2H3. The van der Waals surface area contributed by atoms with Gasteiger partial charge >= 0.3 is 5.97 Å². The lowest BCUT2D eigenvalue weighted by atomic mass is 9.88. The molecule has 1 fully saturated rings. The van der Waals surface area contributed by atoms with E-state index in [1.807, 2.05) is 24.3 Å². The first-order valence-corrected chi connectivity index (χ1v) is 8.62. The Morgan fingerprint density at radius 1 is 1.08 bits per heavy atom. The van der Waals surface area contributed by atoms with E-state index in [9.17, 15) is 9.59 Å². The number of carbonyl (C=O) groups is 2. The number of benzene rings is 1. The molecule has 0 atom stereocenters. The first-order valence-electron chi connectivity index (χ1n) is 8.62. The van der Waals surface area contributed by atoms with E-state index in [1.165, 1.54) is 13.5 Å². The lowest BCUT2D eigenvalue weighted by Crippen LogP contribution is -2.38. The third kappa shape index (κ3) is 5.25. The van der Waals surface area contributed by atoms with Crippen LogP contribution in [0.1, 0.15) is 44.1 Å². The zero-order valence-electron chi connectivity index (χ0n) is 14.6. The molecular weight excluding hydrogens is 306 g/mol. The van der Waals surface area contributed by atoms with E-state index in [1.54, 1.807) is 12.0 Å². The van der Waals surface area contributed by atoms with Crippen molar-refractivity contribution < 1.29 is 19.1 Å². The fraction of sp³-hybridized carbons (Fsp3) is 0.579. The van der Waals surface area contributed by atoms with E-state index in [4.69, 9.17) is 9.47 Å². The van der Waals surface area contributed by atoms with Gasteiger partial charge in [-0.1, -0.05) is 31.4 Å². The van der Waals surface area contributed by atoms with Gasteiger partial charge in [-0.3, -0.25) is 9.59 Å². The van der Waals surface area contributed by atoms with Crippen LogP contribution in [0.15, 0.2) is 24.3 Å². The normalized spacial score (nSPS) is 14.9. The van der Waals surface area contributed by atoms with E-state index >= 15 is 0 Å². The number of hydrogen-bond acceptors (Lipinski definition) is 4. The molecule has 0 spiro atoms. The third-order valence-electron chi connectivity index (χ3n) is 4.61. The maximum Gasteiger partial charge on any atom is 0.307 e. The fourth-order valence-corrected chi connectivity index (χ4v) is 3.15. The number of amides is 1. The van der Waals surface area contributed by atoms with Crippen molar-refractivity contribution in [3.63, 3.8) is 0 Å². The van der Waals surface area contributed by atoms with Crippen LogP contribution in [0, 0.1) is 5.92 Å². The molecule has 0 N–H and O–H groups in total. The molecule has 1 aromatic carbocycles. The molecule has 1 amide bonds. The van der Waals surface area contributed by atoms with Gasteiger partial charge in [0.1, 0.15) is 5.75 Å². The lowest BCUT2D eigenvalue weighted by molar-refractivity contribution is -0.143. The largest absolute Gasteiger partial charge is 0.497 e. The Bertz CT molecular complexity index is 535. The Kier molecular flexibility index (Phi) is 7.09. The van der Waals surface area contributed by atoms with Crippen molar-refractivity contribution in [2.75, 3.05) is 20.8 Å². The Morgan fingerprint density at radius 2 is 1.75 bits per heavy atom. The second-order valence-corrected chi connectivity index (χ2v) is 6.27. The van der Waals surface area contributed by atoms with Gasteiger partial charge in [0.25, 0.3) is 0 Å². The van der Waals surface area contributed by atoms with Gasteiger partial charge in [0.05, 0.1) is 20.6 Å². The molecule has 24 heavy (non-hydrogen) atoms. The number of esters is 1. The summed E-state index contributed by atoms with van der Waals surface area (Å²) in [6.45, 7) is 0.907. The van der Waals surface area contributed by atoms with Crippen LogP contribution in [-0.2, 0) is 20.9 Å². The first kappa shape index (κ1) is 18.3. The molecule has 0 aliphatic heterocycles. The Labute approximate surface area is 143 Å². The van der Waals surface area contributed by atoms with Crippen molar-refractivity contribution in [2.24, 2.45) is 5.92 Å². The van der Waals surface area contributed by atoms with Gasteiger partial charge in [-0.15, -0.1) is 0 Å². The van der Waals surface area contributed by atoms with Crippen LogP contribution >= 0.6 is 0 Å². The summed E-state index contributed by atoms with van der Waals surface area (Å²) in [5.74, 6) is 0.758. The summed E-state index contributed by atoms with van der Waals surface area (Å²) < 4.78 is 9.88. The number of methoxy groups -OCH3 is 2. The molecule has 0 heterocycles. The van der Waals surface area contributed by atoms with Crippen LogP contribution in [-0.4, -0.2) is 37.5 Å². The SMILES string of the molecule is COC(=O)CCN(Cc1ccc(OC)cc1)C(=O)C1CCCCC1. The van der Waals surface area contributed by atoms with E-state index in [0.717, 1.165) is 37.0 Å². The van der Waals surface area contributed by atoms with Gasteiger partial charge in [0.2, 0.25) is 5.91 Å². The molecule has 0 unspecified atom stereocenters. The molecule has 132 valence electrons. The molecule has 0 radical (unpaired) electrons. The highest BCUT2D eigenvalue weighted by Crippen LogP contribution is 2.26. The van der Waals surface area contributed by atoms with Crippen molar-refractivity contribution in [3.8, 4) is 5.75 Å². The highest BCUT2D eigenvalue weighted by atomic mass is 16.5. The van der Waals surface area contributed by atoms with Crippen LogP contribution in [0.2, 0.25) is 0 Å². The van der Waals surface area contributed by atoms with Gasteiger partial charge < -0.3 is 14.4 Å². The van der Waals surface area contributed by atoms with E-state index < -0.39 is 0 Å². The summed E-state index contributed by atoms with van der Waals surface area (Å²) in [5, 5.41) is 0. The maximum atomic E-state index is 12.9. The molecule has 0 bridgehead atoms. The molecule has 1 aromatic rings. The van der Waals surface area contributed by atoms with Crippen molar-refractivity contribution in [2.45, 2.75) is 45.1 Å². The monoisotopic (exact) mass is 333 g/mol. The fourth-order valence-electron chi connectivity index (χ4n) is 3.15. The average Bonchev–Trinajstić information content (AvgIpc) is 2.65.